The van der Waals surface area contributed by atoms with Gasteiger partial charge in [0.15, 0.2) is 0 Å². The number of rotatable bonds is 3. The molecule has 1 aromatic rings. The molecular weight excluding hydrogens is 200 g/mol. The molecule has 2 rings (SSSR count). The third-order valence-corrected chi connectivity index (χ3v) is 3.01. The number of nitrogens with zero attached hydrogens (tertiary/aromatic N) is 2. The Morgan fingerprint density at radius 2 is 2.19 bits per heavy atom. The minimum atomic E-state index is 0.890. The van der Waals surface area contributed by atoms with Crippen molar-refractivity contribution in [2.45, 2.75) is 13.5 Å². The van der Waals surface area contributed by atoms with Crippen molar-refractivity contribution in [3.8, 4) is 0 Å². The predicted octanol–water partition coefficient (Wildman–Crippen LogP) is 0.519. The van der Waals surface area contributed by atoms with Gasteiger partial charge in [0.05, 0.1) is 0 Å². The first-order chi connectivity index (χ1) is 7.81. The van der Waals surface area contributed by atoms with Gasteiger partial charge in [-0.2, -0.15) is 0 Å². The summed E-state index contributed by atoms with van der Waals surface area (Å²) in [5.74, 6) is 1.11. The summed E-state index contributed by atoms with van der Waals surface area (Å²) < 4.78 is 0. The van der Waals surface area contributed by atoms with Crippen LogP contribution in [-0.4, -0.2) is 38.2 Å². The molecule has 0 amide bonds. The van der Waals surface area contributed by atoms with Crippen molar-refractivity contribution >= 4 is 5.82 Å². The van der Waals surface area contributed by atoms with Gasteiger partial charge in [0.1, 0.15) is 5.82 Å². The number of aryl methyl sites for hydroxylation is 1. The average Bonchev–Trinajstić information content (AvgIpc) is 2.33. The highest BCUT2D eigenvalue weighted by atomic mass is 15.2. The lowest BCUT2D eigenvalue weighted by atomic mass is 10.1. The second-order valence-electron chi connectivity index (χ2n) is 4.24. The fourth-order valence-corrected chi connectivity index (χ4v) is 2.01. The second-order valence-corrected chi connectivity index (χ2v) is 4.24. The molecule has 0 aromatic carbocycles. The maximum absolute atomic E-state index is 4.54. The first-order valence-electron chi connectivity index (χ1n) is 5.87. The Kier molecular flexibility index (Phi) is 3.74. The lowest BCUT2D eigenvalue weighted by Crippen LogP contribution is -2.43. The summed E-state index contributed by atoms with van der Waals surface area (Å²) in [4.78, 5) is 6.88. The zero-order valence-corrected chi connectivity index (χ0v) is 10.1. The minimum absolute atomic E-state index is 0.890. The van der Waals surface area contributed by atoms with Gasteiger partial charge in [-0.25, -0.2) is 4.98 Å². The Balaban J connectivity index is 2.13. The van der Waals surface area contributed by atoms with E-state index in [1.807, 2.05) is 13.2 Å². The molecule has 16 heavy (non-hydrogen) atoms. The molecular formula is C12H20N4. The van der Waals surface area contributed by atoms with Crippen LogP contribution >= 0.6 is 0 Å². The topological polar surface area (TPSA) is 40.2 Å². The Morgan fingerprint density at radius 3 is 2.81 bits per heavy atom. The van der Waals surface area contributed by atoms with Crippen molar-refractivity contribution in [2.75, 3.05) is 38.1 Å². The summed E-state index contributed by atoms with van der Waals surface area (Å²) in [5, 5.41) is 6.51. The van der Waals surface area contributed by atoms with E-state index < -0.39 is 0 Å². The van der Waals surface area contributed by atoms with E-state index in [4.69, 9.17) is 0 Å². The summed E-state index contributed by atoms with van der Waals surface area (Å²) in [5.41, 5.74) is 2.60. The number of piperazine rings is 1. The Labute approximate surface area is 97.1 Å². The van der Waals surface area contributed by atoms with Gasteiger partial charge in [-0.05, 0) is 31.2 Å². The van der Waals surface area contributed by atoms with Gasteiger partial charge >= 0.3 is 0 Å². The van der Waals surface area contributed by atoms with Crippen molar-refractivity contribution < 1.29 is 0 Å². The molecule has 4 heteroatoms. The highest BCUT2D eigenvalue weighted by Gasteiger charge is 2.12. The van der Waals surface area contributed by atoms with Crippen LogP contribution < -0.4 is 15.5 Å². The van der Waals surface area contributed by atoms with Crippen molar-refractivity contribution in [3.05, 3.63) is 23.4 Å². The summed E-state index contributed by atoms with van der Waals surface area (Å²) in [6.45, 7) is 7.26. The van der Waals surface area contributed by atoms with Crippen molar-refractivity contribution in [1.29, 1.82) is 0 Å². The fraction of sp³-hybridized carbons (Fsp3) is 0.583. The van der Waals surface area contributed by atoms with Crippen LogP contribution in [-0.2, 0) is 6.54 Å². The molecule has 4 nitrogen and oxygen atoms in total. The molecule has 1 aromatic heterocycles. The van der Waals surface area contributed by atoms with E-state index in [1.165, 1.54) is 11.1 Å². The average molecular weight is 220 g/mol. The summed E-state index contributed by atoms with van der Waals surface area (Å²) in [6.07, 6.45) is 1.99. The Morgan fingerprint density at radius 1 is 1.44 bits per heavy atom. The van der Waals surface area contributed by atoms with Gasteiger partial charge in [-0.15, -0.1) is 0 Å². The fourth-order valence-electron chi connectivity index (χ4n) is 2.01. The van der Waals surface area contributed by atoms with Crippen LogP contribution in [0.5, 0.6) is 0 Å². The number of anilines is 1. The lowest BCUT2D eigenvalue weighted by Gasteiger charge is -2.28. The molecule has 1 fully saturated rings. The van der Waals surface area contributed by atoms with Gasteiger partial charge in [0.25, 0.3) is 0 Å². The van der Waals surface area contributed by atoms with E-state index in [0.29, 0.717) is 0 Å². The van der Waals surface area contributed by atoms with Crippen LogP contribution in [0, 0.1) is 6.92 Å². The van der Waals surface area contributed by atoms with Gasteiger partial charge < -0.3 is 15.5 Å². The molecule has 2 heterocycles. The number of pyridine rings is 1. The third-order valence-electron chi connectivity index (χ3n) is 3.01. The molecule has 0 bridgehead atoms. The molecule has 1 saturated heterocycles. The van der Waals surface area contributed by atoms with Crippen LogP contribution in [0.15, 0.2) is 12.3 Å². The first kappa shape index (κ1) is 11.4. The minimum Gasteiger partial charge on any atom is -0.354 e. The van der Waals surface area contributed by atoms with E-state index in [1.54, 1.807) is 0 Å². The molecule has 0 radical (unpaired) electrons. The highest BCUT2D eigenvalue weighted by molar-refractivity contribution is 5.43. The maximum Gasteiger partial charge on any atom is 0.128 e. The maximum atomic E-state index is 4.54. The van der Waals surface area contributed by atoms with E-state index in [-0.39, 0.29) is 0 Å². The van der Waals surface area contributed by atoms with Crippen molar-refractivity contribution in [3.63, 3.8) is 0 Å². The smallest absolute Gasteiger partial charge is 0.128 e. The van der Waals surface area contributed by atoms with Crippen molar-refractivity contribution in [2.24, 2.45) is 0 Å². The predicted molar refractivity (Wildman–Crippen MR) is 66.8 cm³/mol. The Hall–Kier alpha value is -1.13. The standard InChI is InChI=1S/C12H20N4/c1-10-7-12(15-9-11(10)8-13-2)16-5-3-14-4-6-16/h7,9,13-14H,3-6,8H2,1-2H3. The number of hydrogen-bond acceptors (Lipinski definition) is 4. The van der Waals surface area contributed by atoms with Crippen LogP contribution in [0.2, 0.25) is 0 Å². The SMILES string of the molecule is CNCc1cnc(N2CCNCC2)cc1C. The molecule has 0 saturated carbocycles. The van der Waals surface area contributed by atoms with Crippen LogP contribution in [0.4, 0.5) is 5.82 Å². The quantitative estimate of drug-likeness (QED) is 0.779. The summed E-state index contributed by atoms with van der Waals surface area (Å²) in [6, 6.07) is 2.19. The van der Waals surface area contributed by atoms with Crippen LogP contribution in [0.3, 0.4) is 0 Å². The first-order valence-corrected chi connectivity index (χ1v) is 5.87. The molecule has 1 aliphatic rings. The van der Waals surface area contributed by atoms with Crippen LogP contribution in [0.25, 0.3) is 0 Å². The molecule has 0 spiro atoms. The van der Waals surface area contributed by atoms with E-state index in [9.17, 15) is 0 Å². The number of hydrogen-bond donors (Lipinski definition) is 2. The Bertz CT molecular complexity index is 345. The zero-order chi connectivity index (χ0) is 11.4. The van der Waals surface area contributed by atoms with Gasteiger partial charge in [0, 0.05) is 38.9 Å². The van der Waals surface area contributed by atoms with Gasteiger partial charge in [0.2, 0.25) is 0 Å². The lowest BCUT2D eigenvalue weighted by molar-refractivity contribution is 0.584. The third kappa shape index (κ3) is 2.51. The molecule has 2 N–H and O–H groups in total. The van der Waals surface area contributed by atoms with E-state index in [2.05, 4.69) is 33.5 Å². The summed E-state index contributed by atoms with van der Waals surface area (Å²) >= 11 is 0. The largest absolute Gasteiger partial charge is 0.354 e. The van der Waals surface area contributed by atoms with Crippen molar-refractivity contribution in [1.82, 2.24) is 15.6 Å². The molecule has 0 aliphatic carbocycles. The normalized spacial score (nSPS) is 16.5. The van der Waals surface area contributed by atoms with E-state index in [0.717, 1.165) is 38.5 Å². The highest BCUT2D eigenvalue weighted by Crippen LogP contribution is 2.16. The number of aromatic nitrogens is 1. The monoisotopic (exact) mass is 220 g/mol. The second kappa shape index (κ2) is 5.27. The van der Waals surface area contributed by atoms with Gasteiger partial charge in [-0.1, -0.05) is 0 Å². The molecule has 0 atom stereocenters. The molecule has 1 aliphatic heterocycles. The zero-order valence-electron chi connectivity index (χ0n) is 10.1. The molecule has 88 valence electrons. The number of nitrogens with one attached hydrogen (secondary N) is 2. The van der Waals surface area contributed by atoms with E-state index >= 15 is 0 Å². The summed E-state index contributed by atoms with van der Waals surface area (Å²) in [7, 11) is 1.96. The van der Waals surface area contributed by atoms with Crippen LogP contribution in [0.1, 0.15) is 11.1 Å². The molecule has 0 unspecified atom stereocenters. The van der Waals surface area contributed by atoms with Gasteiger partial charge in [-0.3, -0.25) is 0 Å².